The van der Waals surface area contributed by atoms with Crippen molar-refractivity contribution in [2.45, 2.75) is 46.7 Å². The van der Waals surface area contributed by atoms with Gasteiger partial charge in [-0.05, 0) is 68.9 Å². The Labute approximate surface area is 208 Å². The van der Waals surface area contributed by atoms with E-state index in [1.54, 1.807) is 0 Å². The molecule has 3 rings (SSSR count). The highest BCUT2D eigenvalue weighted by Crippen LogP contribution is 2.30. The number of carbonyl (C=O) groups is 1. The maximum Gasteiger partial charge on any atom is 0.251 e. The van der Waals surface area contributed by atoms with Crippen LogP contribution in [0.15, 0.2) is 47.5 Å². The van der Waals surface area contributed by atoms with E-state index in [0.29, 0.717) is 25.2 Å². The number of nitrogens with zero attached hydrogens (tertiary/aromatic N) is 1. The van der Waals surface area contributed by atoms with Gasteiger partial charge < -0.3 is 20.7 Å². The van der Waals surface area contributed by atoms with Crippen LogP contribution in [-0.4, -0.2) is 31.6 Å². The van der Waals surface area contributed by atoms with Gasteiger partial charge >= 0.3 is 0 Å². The van der Waals surface area contributed by atoms with Crippen molar-refractivity contribution in [2.24, 2.45) is 10.9 Å². The van der Waals surface area contributed by atoms with Crippen molar-refractivity contribution < 1.29 is 9.53 Å². The number of benzene rings is 2. The molecule has 1 aliphatic rings. The summed E-state index contributed by atoms with van der Waals surface area (Å²) in [6.07, 6.45) is 2.56. The highest BCUT2D eigenvalue weighted by molar-refractivity contribution is 14.0. The zero-order chi connectivity index (χ0) is 22.1. The van der Waals surface area contributed by atoms with Crippen molar-refractivity contribution >= 4 is 35.8 Å². The SMILES string of the molecule is CCNC(=O)c1ccc(CN=C(NCC)NCc2ccc(C)cc2OCC2CC2)cc1.I. The molecule has 0 atom stereocenters. The molecule has 0 unspecified atom stereocenters. The normalized spacial score (nSPS) is 13.2. The first-order valence-electron chi connectivity index (χ1n) is 11.2. The summed E-state index contributed by atoms with van der Waals surface area (Å²) in [7, 11) is 0. The number of aliphatic imine (C=N–C) groups is 1. The molecular formula is C25H35IN4O2. The fourth-order valence-corrected chi connectivity index (χ4v) is 3.15. The van der Waals surface area contributed by atoms with Crippen LogP contribution in [0.5, 0.6) is 5.75 Å². The van der Waals surface area contributed by atoms with E-state index in [1.165, 1.54) is 18.4 Å². The Balaban J connectivity index is 0.00000363. The van der Waals surface area contributed by atoms with Crippen molar-refractivity contribution in [3.05, 3.63) is 64.7 Å². The quantitative estimate of drug-likeness (QED) is 0.233. The van der Waals surface area contributed by atoms with E-state index >= 15 is 0 Å². The average molecular weight is 550 g/mol. The number of aryl methyl sites for hydroxylation is 1. The average Bonchev–Trinajstić information content (AvgIpc) is 3.60. The zero-order valence-electron chi connectivity index (χ0n) is 19.2. The van der Waals surface area contributed by atoms with Crippen LogP contribution in [0.2, 0.25) is 0 Å². The third kappa shape index (κ3) is 8.33. The molecule has 0 bridgehead atoms. The number of hydrogen-bond acceptors (Lipinski definition) is 3. The van der Waals surface area contributed by atoms with E-state index in [-0.39, 0.29) is 29.9 Å². The lowest BCUT2D eigenvalue weighted by atomic mass is 10.1. The Kier molecular flexibility index (Phi) is 10.8. The monoisotopic (exact) mass is 550 g/mol. The second kappa shape index (κ2) is 13.3. The highest BCUT2D eigenvalue weighted by Gasteiger charge is 2.22. The highest BCUT2D eigenvalue weighted by atomic mass is 127. The molecular weight excluding hydrogens is 515 g/mol. The summed E-state index contributed by atoms with van der Waals surface area (Å²) in [5.74, 6) is 2.38. The van der Waals surface area contributed by atoms with Crippen molar-refractivity contribution in [2.75, 3.05) is 19.7 Å². The number of amides is 1. The van der Waals surface area contributed by atoms with Gasteiger partial charge in [0.05, 0.1) is 13.2 Å². The summed E-state index contributed by atoms with van der Waals surface area (Å²) in [5, 5.41) is 9.52. The van der Waals surface area contributed by atoms with Gasteiger partial charge in [0.15, 0.2) is 5.96 Å². The Morgan fingerprint density at radius 3 is 2.41 bits per heavy atom. The van der Waals surface area contributed by atoms with Gasteiger partial charge in [-0.2, -0.15) is 0 Å². The fraction of sp³-hybridized carbons (Fsp3) is 0.440. The Morgan fingerprint density at radius 1 is 1.03 bits per heavy atom. The van der Waals surface area contributed by atoms with Crippen LogP contribution in [0, 0.1) is 12.8 Å². The van der Waals surface area contributed by atoms with E-state index in [2.05, 4.69) is 41.1 Å². The van der Waals surface area contributed by atoms with E-state index in [9.17, 15) is 4.79 Å². The van der Waals surface area contributed by atoms with Crippen molar-refractivity contribution in [1.82, 2.24) is 16.0 Å². The van der Waals surface area contributed by atoms with Crippen molar-refractivity contribution in [1.29, 1.82) is 0 Å². The predicted octanol–water partition coefficient (Wildman–Crippen LogP) is 4.41. The molecule has 1 aliphatic carbocycles. The van der Waals surface area contributed by atoms with Gasteiger partial charge in [0.1, 0.15) is 5.75 Å². The number of rotatable bonds is 10. The molecule has 3 N–H and O–H groups in total. The van der Waals surface area contributed by atoms with E-state index in [0.717, 1.165) is 41.9 Å². The summed E-state index contributed by atoms with van der Waals surface area (Å²) in [6.45, 7) is 9.42. The predicted molar refractivity (Wildman–Crippen MR) is 141 cm³/mol. The molecule has 0 saturated heterocycles. The molecule has 0 radical (unpaired) electrons. The molecule has 32 heavy (non-hydrogen) atoms. The molecule has 6 nitrogen and oxygen atoms in total. The number of ether oxygens (including phenoxy) is 1. The maximum absolute atomic E-state index is 11.9. The first-order chi connectivity index (χ1) is 15.1. The maximum atomic E-state index is 11.9. The van der Waals surface area contributed by atoms with Crippen molar-refractivity contribution in [3.63, 3.8) is 0 Å². The van der Waals surface area contributed by atoms with Crippen LogP contribution in [0.4, 0.5) is 0 Å². The second-order valence-electron chi connectivity index (χ2n) is 7.97. The summed E-state index contributed by atoms with van der Waals surface area (Å²) in [6, 6.07) is 13.9. The third-order valence-electron chi connectivity index (χ3n) is 5.16. The molecule has 0 spiro atoms. The van der Waals surface area contributed by atoms with Gasteiger partial charge in [0.2, 0.25) is 0 Å². The minimum Gasteiger partial charge on any atom is -0.493 e. The zero-order valence-corrected chi connectivity index (χ0v) is 21.6. The van der Waals surface area contributed by atoms with Crippen LogP contribution >= 0.6 is 24.0 Å². The molecule has 2 aromatic carbocycles. The number of carbonyl (C=O) groups excluding carboxylic acids is 1. The topological polar surface area (TPSA) is 74.8 Å². The third-order valence-corrected chi connectivity index (χ3v) is 5.16. The minimum atomic E-state index is -0.0506. The van der Waals surface area contributed by atoms with Gasteiger partial charge in [-0.3, -0.25) is 4.79 Å². The number of nitrogens with one attached hydrogen (secondary N) is 3. The first-order valence-corrected chi connectivity index (χ1v) is 11.2. The fourth-order valence-electron chi connectivity index (χ4n) is 3.15. The summed E-state index contributed by atoms with van der Waals surface area (Å²) < 4.78 is 6.08. The van der Waals surface area contributed by atoms with E-state index in [1.807, 2.05) is 38.1 Å². The molecule has 1 saturated carbocycles. The van der Waals surface area contributed by atoms with Crippen LogP contribution in [0.1, 0.15) is 53.7 Å². The lowest BCUT2D eigenvalue weighted by molar-refractivity contribution is 0.0956. The number of hydrogen-bond donors (Lipinski definition) is 3. The van der Waals surface area contributed by atoms with Gasteiger partial charge in [0.25, 0.3) is 5.91 Å². The summed E-state index contributed by atoms with van der Waals surface area (Å²) >= 11 is 0. The summed E-state index contributed by atoms with van der Waals surface area (Å²) in [5.41, 5.74) is 4.04. The lowest BCUT2D eigenvalue weighted by Gasteiger charge is -2.15. The van der Waals surface area contributed by atoms with Crippen molar-refractivity contribution in [3.8, 4) is 5.75 Å². The van der Waals surface area contributed by atoms with Gasteiger partial charge in [-0.25, -0.2) is 4.99 Å². The van der Waals surface area contributed by atoms with Gasteiger partial charge in [-0.1, -0.05) is 24.3 Å². The smallest absolute Gasteiger partial charge is 0.251 e. The molecule has 1 amide bonds. The minimum absolute atomic E-state index is 0. The van der Waals surface area contributed by atoms with Crippen LogP contribution < -0.4 is 20.7 Å². The molecule has 1 fully saturated rings. The lowest BCUT2D eigenvalue weighted by Crippen LogP contribution is -2.36. The Hall–Kier alpha value is -2.29. The van der Waals surface area contributed by atoms with Gasteiger partial charge in [-0.15, -0.1) is 24.0 Å². The summed E-state index contributed by atoms with van der Waals surface area (Å²) in [4.78, 5) is 16.6. The molecule has 174 valence electrons. The number of guanidine groups is 1. The largest absolute Gasteiger partial charge is 0.493 e. The molecule has 7 heteroatoms. The molecule has 0 heterocycles. The molecule has 0 aliphatic heterocycles. The van der Waals surface area contributed by atoms with E-state index in [4.69, 9.17) is 9.73 Å². The number of halogens is 1. The Bertz CT molecular complexity index is 895. The van der Waals surface area contributed by atoms with E-state index < -0.39 is 0 Å². The van der Waals surface area contributed by atoms with Gasteiger partial charge in [0, 0.05) is 30.8 Å². The standard InChI is InChI=1S/C25H34N4O2.HI/c1-4-26-24(30)21-12-9-19(10-13-21)15-28-25(27-5-2)29-16-22-11-6-18(3)14-23(22)31-17-20-7-8-20;/h6,9-14,20H,4-5,7-8,15-17H2,1-3H3,(H,26,30)(H2,27,28,29);1H. The second-order valence-corrected chi connectivity index (χ2v) is 7.97. The van der Waals surface area contributed by atoms with Crippen LogP contribution in [-0.2, 0) is 13.1 Å². The first kappa shape index (κ1) is 26.0. The van der Waals surface area contributed by atoms with Crippen LogP contribution in [0.25, 0.3) is 0 Å². The Morgan fingerprint density at radius 2 is 1.75 bits per heavy atom. The van der Waals surface area contributed by atoms with Crippen LogP contribution in [0.3, 0.4) is 0 Å². The molecule has 2 aromatic rings. The molecule has 0 aromatic heterocycles.